The Morgan fingerprint density at radius 1 is 1.60 bits per heavy atom. The number of fused-ring (bicyclic) bond motifs is 1. The third-order valence-corrected chi connectivity index (χ3v) is 1.64. The first-order valence-electron chi connectivity index (χ1n) is 3.20. The average Bonchev–Trinajstić information content (AvgIpc) is 2.27. The summed E-state index contributed by atoms with van der Waals surface area (Å²) in [7, 11) is 0. The maximum Gasteiger partial charge on any atom is 0.244 e. The highest BCUT2D eigenvalue weighted by atomic mass is 35.5. The van der Waals surface area contributed by atoms with Crippen LogP contribution in [0, 0.1) is 0 Å². The van der Waals surface area contributed by atoms with Crippen LogP contribution in [0.15, 0.2) is 0 Å². The Hall–Kier alpha value is -0.770. The lowest BCUT2D eigenvalue weighted by Gasteiger charge is -2.12. The molecular formula is C5H7ClN4. The number of nitrogens with one attached hydrogen (secondary N) is 1. The monoisotopic (exact) mass is 158 g/mol. The molecule has 0 aromatic carbocycles. The van der Waals surface area contributed by atoms with Crippen LogP contribution >= 0.6 is 11.6 Å². The molecule has 0 fully saturated rings. The van der Waals surface area contributed by atoms with E-state index in [1.807, 2.05) is 0 Å². The van der Waals surface area contributed by atoms with Crippen molar-refractivity contribution in [2.24, 2.45) is 0 Å². The van der Waals surface area contributed by atoms with Crippen molar-refractivity contribution >= 4 is 17.5 Å². The number of nitrogens with zero attached hydrogens (tertiary/aromatic N) is 3. The molecule has 1 N–H and O–H groups in total. The summed E-state index contributed by atoms with van der Waals surface area (Å²) in [6.45, 7) is 1.89. The summed E-state index contributed by atoms with van der Waals surface area (Å²) in [4.78, 5) is 3.96. The number of halogens is 1. The Labute approximate surface area is 63.2 Å². The van der Waals surface area contributed by atoms with Crippen LogP contribution in [-0.2, 0) is 6.54 Å². The molecule has 4 nitrogen and oxygen atoms in total. The van der Waals surface area contributed by atoms with Gasteiger partial charge in [-0.05, 0) is 18.0 Å². The number of hydrogen-bond acceptors (Lipinski definition) is 3. The summed E-state index contributed by atoms with van der Waals surface area (Å²) in [6.07, 6.45) is 1.09. The molecule has 0 bridgehead atoms. The van der Waals surface area contributed by atoms with Gasteiger partial charge in [0, 0.05) is 13.1 Å². The summed E-state index contributed by atoms with van der Waals surface area (Å²) in [5.74, 6) is 0.788. The van der Waals surface area contributed by atoms with E-state index in [2.05, 4.69) is 15.4 Å². The molecule has 0 radical (unpaired) electrons. The van der Waals surface area contributed by atoms with Crippen molar-refractivity contribution in [1.82, 2.24) is 14.8 Å². The van der Waals surface area contributed by atoms with Crippen molar-refractivity contribution in [1.29, 1.82) is 0 Å². The summed E-state index contributed by atoms with van der Waals surface area (Å²) in [5, 5.41) is 7.37. The minimum absolute atomic E-state index is 0.324. The number of aryl methyl sites for hydroxylation is 1. The maximum atomic E-state index is 5.57. The molecular weight excluding hydrogens is 152 g/mol. The van der Waals surface area contributed by atoms with Gasteiger partial charge in [-0.3, -0.25) is 0 Å². The molecule has 5 heteroatoms. The highest BCUT2D eigenvalue weighted by molar-refractivity contribution is 6.28. The summed E-state index contributed by atoms with van der Waals surface area (Å²) in [5.41, 5.74) is 0. The molecule has 0 spiro atoms. The Morgan fingerprint density at radius 2 is 2.50 bits per heavy atom. The number of rotatable bonds is 0. The largest absolute Gasteiger partial charge is 0.354 e. The van der Waals surface area contributed by atoms with Crippen molar-refractivity contribution in [3.63, 3.8) is 0 Å². The van der Waals surface area contributed by atoms with Gasteiger partial charge in [0.25, 0.3) is 0 Å². The SMILES string of the molecule is Clc1nc2n(n1)CCCN2. The van der Waals surface area contributed by atoms with Gasteiger partial charge >= 0.3 is 0 Å². The van der Waals surface area contributed by atoms with Crippen molar-refractivity contribution in [2.45, 2.75) is 13.0 Å². The Bertz CT molecular complexity index is 220. The van der Waals surface area contributed by atoms with Crippen molar-refractivity contribution in [3.8, 4) is 0 Å². The molecule has 0 saturated heterocycles. The molecule has 1 aliphatic heterocycles. The highest BCUT2D eigenvalue weighted by Gasteiger charge is 2.10. The fraction of sp³-hybridized carbons (Fsp3) is 0.600. The van der Waals surface area contributed by atoms with Gasteiger partial charge in [0.05, 0.1) is 0 Å². The van der Waals surface area contributed by atoms with E-state index in [4.69, 9.17) is 11.6 Å². The van der Waals surface area contributed by atoms with Crippen LogP contribution in [0.1, 0.15) is 6.42 Å². The second kappa shape index (κ2) is 2.12. The predicted molar refractivity (Wildman–Crippen MR) is 38.1 cm³/mol. The Balaban J connectivity index is 2.41. The quantitative estimate of drug-likeness (QED) is 0.606. The lowest BCUT2D eigenvalue weighted by Crippen LogP contribution is -2.17. The van der Waals surface area contributed by atoms with Crippen LogP contribution in [0.25, 0.3) is 0 Å². The molecule has 2 heterocycles. The van der Waals surface area contributed by atoms with Gasteiger partial charge in [0.1, 0.15) is 0 Å². The average molecular weight is 159 g/mol. The molecule has 54 valence electrons. The number of anilines is 1. The molecule has 0 saturated carbocycles. The second-order valence-electron chi connectivity index (χ2n) is 2.21. The zero-order chi connectivity index (χ0) is 6.97. The lowest BCUT2D eigenvalue weighted by atomic mass is 10.4. The van der Waals surface area contributed by atoms with Crippen LogP contribution in [0.2, 0.25) is 5.28 Å². The molecule has 0 atom stereocenters. The van der Waals surface area contributed by atoms with Gasteiger partial charge in [0.15, 0.2) is 0 Å². The van der Waals surface area contributed by atoms with Crippen LogP contribution in [0.4, 0.5) is 5.95 Å². The molecule has 0 unspecified atom stereocenters. The van der Waals surface area contributed by atoms with E-state index < -0.39 is 0 Å². The summed E-state index contributed by atoms with van der Waals surface area (Å²) in [6, 6.07) is 0. The lowest BCUT2D eigenvalue weighted by molar-refractivity contribution is 0.565. The molecule has 1 aromatic rings. The zero-order valence-corrected chi connectivity index (χ0v) is 6.10. The molecule has 0 amide bonds. The third-order valence-electron chi connectivity index (χ3n) is 1.48. The molecule has 1 aromatic heterocycles. The van der Waals surface area contributed by atoms with Crippen LogP contribution < -0.4 is 5.32 Å². The second-order valence-corrected chi connectivity index (χ2v) is 2.55. The number of aromatic nitrogens is 3. The fourth-order valence-corrected chi connectivity index (χ4v) is 1.20. The van der Waals surface area contributed by atoms with E-state index in [0.29, 0.717) is 5.28 Å². The molecule has 2 rings (SSSR count). The van der Waals surface area contributed by atoms with E-state index in [0.717, 1.165) is 25.5 Å². The Morgan fingerprint density at radius 3 is 3.30 bits per heavy atom. The van der Waals surface area contributed by atoms with E-state index in [1.165, 1.54) is 0 Å². The van der Waals surface area contributed by atoms with Gasteiger partial charge in [-0.2, -0.15) is 4.98 Å². The molecule has 1 aliphatic rings. The van der Waals surface area contributed by atoms with Crippen molar-refractivity contribution < 1.29 is 0 Å². The zero-order valence-electron chi connectivity index (χ0n) is 5.34. The third kappa shape index (κ3) is 0.844. The van der Waals surface area contributed by atoms with Crippen LogP contribution in [-0.4, -0.2) is 21.3 Å². The highest BCUT2D eigenvalue weighted by Crippen LogP contribution is 2.12. The predicted octanol–water partition coefficient (Wildman–Crippen LogP) is 0.747. The smallest absolute Gasteiger partial charge is 0.244 e. The first-order chi connectivity index (χ1) is 4.86. The standard InChI is InChI=1S/C5H7ClN4/c6-4-8-5-7-2-1-3-10(5)9-4/h1-3H2,(H,7,8,9). The van der Waals surface area contributed by atoms with Crippen LogP contribution in [0.5, 0.6) is 0 Å². The number of hydrogen-bond donors (Lipinski definition) is 1. The van der Waals surface area contributed by atoms with Crippen molar-refractivity contribution in [2.75, 3.05) is 11.9 Å². The van der Waals surface area contributed by atoms with Gasteiger partial charge in [0.2, 0.25) is 11.2 Å². The summed E-state index contributed by atoms with van der Waals surface area (Å²) < 4.78 is 1.78. The first-order valence-corrected chi connectivity index (χ1v) is 3.58. The van der Waals surface area contributed by atoms with Gasteiger partial charge < -0.3 is 5.32 Å². The van der Waals surface area contributed by atoms with E-state index >= 15 is 0 Å². The van der Waals surface area contributed by atoms with E-state index in [-0.39, 0.29) is 0 Å². The minimum atomic E-state index is 0.324. The maximum absolute atomic E-state index is 5.57. The van der Waals surface area contributed by atoms with E-state index in [9.17, 15) is 0 Å². The van der Waals surface area contributed by atoms with Gasteiger partial charge in [-0.1, -0.05) is 0 Å². The molecule has 0 aliphatic carbocycles. The first kappa shape index (κ1) is 5.97. The fourth-order valence-electron chi connectivity index (χ4n) is 1.03. The van der Waals surface area contributed by atoms with Gasteiger partial charge in [-0.15, -0.1) is 5.10 Å². The van der Waals surface area contributed by atoms with Crippen molar-refractivity contribution in [3.05, 3.63) is 5.28 Å². The van der Waals surface area contributed by atoms with Gasteiger partial charge in [-0.25, -0.2) is 4.68 Å². The normalized spacial score (nSPS) is 16.1. The van der Waals surface area contributed by atoms with E-state index in [1.54, 1.807) is 4.68 Å². The Kier molecular flexibility index (Phi) is 1.27. The topological polar surface area (TPSA) is 42.7 Å². The van der Waals surface area contributed by atoms with Crippen LogP contribution in [0.3, 0.4) is 0 Å². The minimum Gasteiger partial charge on any atom is -0.354 e. The summed E-state index contributed by atoms with van der Waals surface area (Å²) >= 11 is 5.57. The molecule has 10 heavy (non-hydrogen) atoms.